The van der Waals surface area contributed by atoms with Crippen molar-refractivity contribution < 1.29 is 14.3 Å². The summed E-state index contributed by atoms with van der Waals surface area (Å²) in [5.41, 5.74) is 0. The maximum Gasteiger partial charge on any atom is 0.315 e. The fourth-order valence-electron chi connectivity index (χ4n) is 2.74. The minimum Gasteiger partial charge on any atom is -0.376 e. The molecule has 2 rings (SSSR count). The lowest BCUT2D eigenvalue weighted by atomic mass is 9.96. The normalized spacial score (nSPS) is 23.3. The van der Waals surface area contributed by atoms with E-state index in [0.29, 0.717) is 6.54 Å². The summed E-state index contributed by atoms with van der Waals surface area (Å²) in [5.74, 6) is -0.167. The van der Waals surface area contributed by atoms with Crippen LogP contribution < -0.4 is 16.0 Å². The van der Waals surface area contributed by atoms with Gasteiger partial charge in [0.15, 0.2) is 0 Å². The highest BCUT2D eigenvalue weighted by Gasteiger charge is 2.17. The van der Waals surface area contributed by atoms with E-state index in [1.807, 2.05) is 0 Å². The Labute approximate surface area is 120 Å². The number of ether oxygens (including phenoxy) is 1. The number of hydrogen-bond donors (Lipinski definition) is 3. The Bertz CT molecular complexity index is 324. The Kier molecular flexibility index (Phi) is 6.11. The highest BCUT2D eigenvalue weighted by atomic mass is 16.5. The van der Waals surface area contributed by atoms with Crippen molar-refractivity contribution in [3.63, 3.8) is 0 Å². The molecule has 20 heavy (non-hydrogen) atoms. The van der Waals surface area contributed by atoms with Crippen molar-refractivity contribution in [1.82, 2.24) is 16.0 Å². The molecule has 0 spiro atoms. The molecular formula is C14H25N3O3. The maximum absolute atomic E-state index is 11.6. The third kappa shape index (κ3) is 5.36. The van der Waals surface area contributed by atoms with E-state index in [9.17, 15) is 9.59 Å². The van der Waals surface area contributed by atoms with Crippen LogP contribution in [0.5, 0.6) is 0 Å². The highest BCUT2D eigenvalue weighted by molar-refractivity contribution is 5.83. The number of amides is 3. The van der Waals surface area contributed by atoms with Gasteiger partial charge in [-0.2, -0.15) is 0 Å². The molecule has 1 saturated heterocycles. The summed E-state index contributed by atoms with van der Waals surface area (Å²) in [5, 5.41) is 8.30. The lowest BCUT2D eigenvalue weighted by Gasteiger charge is -2.22. The fraction of sp³-hybridized carbons (Fsp3) is 0.857. The molecule has 0 aromatic heterocycles. The second-order valence-corrected chi connectivity index (χ2v) is 5.60. The van der Waals surface area contributed by atoms with Gasteiger partial charge in [-0.1, -0.05) is 19.3 Å². The lowest BCUT2D eigenvalue weighted by Crippen LogP contribution is -2.46. The molecule has 114 valence electrons. The number of carbonyl (C=O) groups is 2. The van der Waals surface area contributed by atoms with Gasteiger partial charge >= 0.3 is 6.03 Å². The van der Waals surface area contributed by atoms with Crippen molar-refractivity contribution >= 4 is 11.9 Å². The van der Waals surface area contributed by atoms with E-state index < -0.39 is 0 Å². The van der Waals surface area contributed by atoms with Gasteiger partial charge in [0.2, 0.25) is 5.91 Å². The summed E-state index contributed by atoms with van der Waals surface area (Å²) in [4.78, 5) is 23.2. The topological polar surface area (TPSA) is 79.5 Å². The van der Waals surface area contributed by atoms with Gasteiger partial charge in [0.05, 0.1) is 12.6 Å². The molecule has 1 heterocycles. The largest absolute Gasteiger partial charge is 0.376 e. The Morgan fingerprint density at radius 2 is 1.80 bits per heavy atom. The van der Waals surface area contributed by atoms with E-state index in [-0.39, 0.29) is 30.6 Å². The van der Waals surface area contributed by atoms with Crippen LogP contribution in [0.15, 0.2) is 0 Å². The molecule has 2 aliphatic rings. The van der Waals surface area contributed by atoms with E-state index in [4.69, 9.17) is 4.74 Å². The van der Waals surface area contributed by atoms with Gasteiger partial charge in [0.25, 0.3) is 0 Å². The molecule has 2 fully saturated rings. The Morgan fingerprint density at radius 3 is 2.50 bits per heavy atom. The minimum atomic E-state index is -0.246. The van der Waals surface area contributed by atoms with Gasteiger partial charge in [0, 0.05) is 19.2 Å². The standard InChI is InChI=1S/C14H25N3O3/c18-13(15-9-12-7-4-8-20-12)10-16-14(19)17-11-5-2-1-3-6-11/h11-12H,1-10H2,(H,15,18)(H2,16,17,19). The summed E-state index contributed by atoms with van der Waals surface area (Å²) in [6, 6.07) is 0.0165. The van der Waals surface area contributed by atoms with Crippen LogP contribution in [0.2, 0.25) is 0 Å². The summed E-state index contributed by atoms with van der Waals surface area (Å²) in [6.07, 6.45) is 7.87. The third-order valence-electron chi connectivity index (χ3n) is 3.90. The molecule has 1 unspecified atom stereocenters. The van der Waals surface area contributed by atoms with Crippen LogP contribution in [0.4, 0.5) is 4.79 Å². The first-order chi connectivity index (χ1) is 9.74. The van der Waals surface area contributed by atoms with E-state index in [2.05, 4.69) is 16.0 Å². The lowest BCUT2D eigenvalue weighted by molar-refractivity contribution is -0.120. The number of carbonyl (C=O) groups excluding carboxylic acids is 2. The molecule has 6 nitrogen and oxygen atoms in total. The maximum atomic E-state index is 11.6. The molecule has 0 radical (unpaired) electrons. The van der Waals surface area contributed by atoms with Gasteiger partial charge in [-0.25, -0.2) is 4.79 Å². The van der Waals surface area contributed by atoms with E-state index in [0.717, 1.165) is 32.3 Å². The van der Waals surface area contributed by atoms with Gasteiger partial charge in [-0.3, -0.25) is 4.79 Å². The average Bonchev–Trinajstić information content (AvgIpc) is 2.97. The van der Waals surface area contributed by atoms with Crippen LogP contribution in [0, 0.1) is 0 Å². The predicted molar refractivity (Wildman–Crippen MR) is 75.4 cm³/mol. The SMILES string of the molecule is O=C(CNC(=O)NC1CCCCC1)NCC1CCCO1. The zero-order valence-corrected chi connectivity index (χ0v) is 12.0. The van der Waals surface area contributed by atoms with Crippen molar-refractivity contribution in [3.05, 3.63) is 0 Å². The zero-order valence-electron chi connectivity index (χ0n) is 12.0. The number of urea groups is 1. The molecule has 0 bridgehead atoms. The quantitative estimate of drug-likeness (QED) is 0.702. The van der Waals surface area contributed by atoms with Crippen LogP contribution in [0.1, 0.15) is 44.9 Å². The van der Waals surface area contributed by atoms with Crippen molar-refractivity contribution in [2.45, 2.75) is 57.1 Å². The summed E-state index contributed by atoms with van der Waals surface area (Å²) in [6.45, 7) is 1.33. The smallest absolute Gasteiger partial charge is 0.315 e. The van der Waals surface area contributed by atoms with Crippen LogP contribution in [0.25, 0.3) is 0 Å². The first-order valence-corrected chi connectivity index (χ1v) is 7.66. The first kappa shape index (κ1) is 15.1. The zero-order chi connectivity index (χ0) is 14.2. The summed E-state index contributed by atoms with van der Waals surface area (Å²) >= 11 is 0. The number of hydrogen-bond acceptors (Lipinski definition) is 3. The Morgan fingerprint density at radius 1 is 1.00 bits per heavy atom. The average molecular weight is 283 g/mol. The molecule has 1 aliphatic carbocycles. The fourth-order valence-corrected chi connectivity index (χ4v) is 2.74. The number of nitrogens with one attached hydrogen (secondary N) is 3. The molecule has 1 saturated carbocycles. The molecule has 3 amide bonds. The third-order valence-corrected chi connectivity index (χ3v) is 3.90. The van der Waals surface area contributed by atoms with E-state index in [1.165, 1.54) is 19.3 Å². The monoisotopic (exact) mass is 283 g/mol. The van der Waals surface area contributed by atoms with Gasteiger partial charge in [0.1, 0.15) is 0 Å². The molecule has 6 heteroatoms. The van der Waals surface area contributed by atoms with Gasteiger partial charge in [-0.05, 0) is 25.7 Å². The summed E-state index contributed by atoms with van der Waals surface area (Å²) in [7, 11) is 0. The van der Waals surface area contributed by atoms with Crippen LogP contribution in [-0.2, 0) is 9.53 Å². The van der Waals surface area contributed by atoms with Crippen molar-refractivity contribution in [3.8, 4) is 0 Å². The van der Waals surface area contributed by atoms with E-state index in [1.54, 1.807) is 0 Å². The van der Waals surface area contributed by atoms with Crippen LogP contribution >= 0.6 is 0 Å². The number of rotatable bonds is 5. The Balaban J connectivity index is 1.53. The van der Waals surface area contributed by atoms with Gasteiger partial charge in [-0.15, -0.1) is 0 Å². The predicted octanol–water partition coefficient (Wildman–Crippen LogP) is 0.913. The van der Waals surface area contributed by atoms with Crippen molar-refractivity contribution in [2.24, 2.45) is 0 Å². The Hall–Kier alpha value is -1.30. The molecule has 1 aliphatic heterocycles. The first-order valence-electron chi connectivity index (χ1n) is 7.66. The second-order valence-electron chi connectivity index (χ2n) is 5.60. The minimum absolute atomic E-state index is 0.0191. The molecule has 1 atom stereocenters. The van der Waals surface area contributed by atoms with Crippen LogP contribution in [-0.4, -0.2) is 43.8 Å². The molecule has 0 aromatic carbocycles. The van der Waals surface area contributed by atoms with Crippen molar-refractivity contribution in [2.75, 3.05) is 19.7 Å². The van der Waals surface area contributed by atoms with Crippen LogP contribution in [0.3, 0.4) is 0 Å². The molecule has 0 aromatic rings. The van der Waals surface area contributed by atoms with Crippen molar-refractivity contribution in [1.29, 1.82) is 0 Å². The highest BCUT2D eigenvalue weighted by Crippen LogP contribution is 2.17. The summed E-state index contributed by atoms with van der Waals surface area (Å²) < 4.78 is 5.42. The van der Waals surface area contributed by atoms with Gasteiger partial charge < -0.3 is 20.7 Å². The molecule has 3 N–H and O–H groups in total. The molecular weight excluding hydrogens is 258 g/mol. The van der Waals surface area contributed by atoms with E-state index >= 15 is 0 Å². The second kappa shape index (κ2) is 8.09.